The van der Waals surface area contributed by atoms with Crippen LogP contribution >= 0.6 is 0 Å². The molecule has 0 radical (unpaired) electrons. The molecule has 3 nitrogen and oxygen atoms in total. The number of nitrogens with zero attached hydrogens (tertiary/aromatic N) is 3. The van der Waals surface area contributed by atoms with E-state index in [1.165, 1.54) is 6.20 Å². The summed E-state index contributed by atoms with van der Waals surface area (Å²) in [5.41, 5.74) is -0.500. The Morgan fingerprint density at radius 2 is 2.12 bits per heavy atom. The predicted octanol–water partition coefficient (Wildman–Crippen LogP) is 2.73. The van der Waals surface area contributed by atoms with E-state index in [1.54, 1.807) is 13.8 Å². The number of aromatic nitrogens is 2. The number of rotatable bonds is 4. The lowest BCUT2D eigenvalue weighted by Crippen LogP contribution is -2.18. The van der Waals surface area contributed by atoms with Crippen molar-refractivity contribution >= 4 is 6.72 Å². The van der Waals surface area contributed by atoms with Crippen molar-refractivity contribution in [1.82, 2.24) is 9.78 Å². The summed E-state index contributed by atoms with van der Waals surface area (Å²) in [7, 11) is 0. The van der Waals surface area contributed by atoms with Crippen LogP contribution in [0.4, 0.5) is 13.2 Å². The summed E-state index contributed by atoms with van der Waals surface area (Å²) in [5, 5.41) is 3.77. The second-order valence-corrected chi connectivity index (χ2v) is 3.75. The van der Waals surface area contributed by atoms with Crippen LogP contribution in [-0.2, 0) is 12.6 Å². The van der Waals surface area contributed by atoms with E-state index in [4.69, 9.17) is 0 Å². The molecule has 0 saturated carbocycles. The van der Waals surface area contributed by atoms with Gasteiger partial charge in [0.05, 0.1) is 6.20 Å². The normalized spacial score (nSPS) is 12.1. The third-order valence-corrected chi connectivity index (χ3v) is 2.17. The molecule has 0 fully saturated rings. The van der Waals surface area contributed by atoms with Gasteiger partial charge in [0, 0.05) is 18.2 Å². The summed E-state index contributed by atoms with van der Waals surface area (Å²) in [6.07, 6.45) is -2.91. The van der Waals surface area contributed by atoms with Gasteiger partial charge in [0.2, 0.25) is 0 Å². The van der Waals surface area contributed by atoms with E-state index >= 15 is 0 Å². The molecular weight excluding hydrogens is 219 g/mol. The molecular formula is C10H14F3N3. The second-order valence-electron chi connectivity index (χ2n) is 3.75. The van der Waals surface area contributed by atoms with Gasteiger partial charge in [0.15, 0.2) is 0 Å². The molecule has 0 aliphatic heterocycles. The Morgan fingerprint density at radius 3 is 2.56 bits per heavy atom. The average Bonchev–Trinajstić information content (AvgIpc) is 2.57. The molecule has 0 unspecified atom stereocenters. The van der Waals surface area contributed by atoms with Crippen LogP contribution in [0.5, 0.6) is 0 Å². The first-order valence-corrected chi connectivity index (χ1v) is 4.94. The molecule has 0 spiro atoms. The SMILES string of the molecule is C=NCCc1cnn(C(C)C)c1C(F)(F)F. The Balaban J connectivity index is 3.14. The summed E-state index contributed by atoms with van der Waals surface area (Å²) < 4.78 is 39.5. The minimum Gasteiger partial charge on any atom is -0.301 e. The van der Waals surface area contributed by atoms with Crippen LogP contribution < -0.4 is 0 Å². The molecule has 1 aromatic rings. The van der Waals surface area contributed by atoms with Gasteiger partial charge in [-0.1, -0.05) is 0 Å². The van der Waals surface area contributed by atoms with Crippen molar-refractivity contribution in [2.75, 3.05) is 6.54 Å². The zero-order valence-corrected chi connectivity index (χ0v) is 9.25. The molecule has 0 atom stereocenters. The lowest BCUT2D eigenvalue weighted by Gasteiger charge is -2.14. The highest BCUT2D eigenvalue weighted by Crippen LogP contribution is 2.33. The van der Waals surface area contributed by atoms with Gasteiger partial charge in [-0.2, -0.15) is 18.3 Å². The largest absolute Gasteiger partial charge is 0.433 e. The topological polar surface area (TPSA) is 30.2 Å². The minimum atomic E-state index is -4.38. The number of hydrogen-bond acceptors (Lipinski definition) is 2. The average molecular weight is 233 g/mol. The monoisotopic (exact) mass is 233 g/mol. The van der Waals surface area contributed by atoms with Gasteiger partial charge in [-0.15, -0.1) is 0 Å². The number of halogens is 3. The van der Waals surface area contributed by atoms with Crippen LogP contribution in [0.1, 0.15) is 31.1 Å². The summed E-state index contributed by atoms with van der Waals surface area (Å²) in [5.74, 6) is 0. The van der Waals surface area contributed by atoms with Crippen LogP contribution in [0.15, 0.2) is 11.2 Å². The van der Waals surface area contributed by atoms with Crippen LogP contribution in [0.3, 0.4) is 0 Å². The van der Waals surface area contributed by atoms with Crippen LogP contribution in [-0.4, -0.2) is 23.0 Å². The van der Waals surface area contributed by atoms with E-state index in [1.807, 2.05) is 0 Å². The first kappa shape index (κ1) is 12.7. The molecule has 6 heteroatoms. The van der Waals surface area contributed by atoms with Gasteiger partial charge in [0.1, 0.15) is 5.69 Å². The number of hydrogen-bond donors (Lipinski definition) is 0. The molecule has 0 bridgehead atoms. The van der Waals surface area contributed by atoms with Crippen LogP contribution in [0.25, 0.3) is 0 Å². The zero-order chi connectivity index (χ0) is 12.3. The van der Waals surface area contributed by atoms with Gasteiger partial charge in [-0.05, 0) is 27.0 Å². The molecule has 0 saturated heterocycles. The van der Waals surface area contributed by atoms with Crippen molar-refractivity contribution in [3.8, 4) is 0 Å². The van der Waals surface area contributed by atoms with E-state index in [2.05, 4.69) is 16.8 Å². The molecule has 0 aromatic carbocycles. The molecule has 0 aliphatic carbocycles. The van der Waals surface area contributed by atoms with Gasteiger partial charge >= 0.3 is 6.18 Å². The Morgan fingerprint density at radius 1 is 1.50 bits per heavy atom. The first-order chi connectivity index (χ1) is 7.38. The molecule has 0 N–H and O–H groups in total. The van der Waals surface area contributed by atoms with Crippen molar-refractivity contribution < 1.29 is 13.2 Å². The Kier molecular flexibility index (Phi) is 3.72. The molecule has 0 amide bonds. The van der Waals surface area contributed by atoms with Crippen molar-refractivity contribution in [1.29, 1.82) is 0 Å². The third kappa shape index (κ3) is 2.62. The highest BCUT2D eigenvalue weighted by molar-refractivity contribution is 5.25. The van der Waals surface area contributed by atoms with Gasteiger partial charge in [-0.25, -0.2) is 0 Å². The molecule has 16 heavy (non-hydrogen) atoms. The standard InChI is InChI=1S/C10H14F3N3/c1-7(2)16-9(10(11,12)13)8(6-15-16)4-5-14-3/h6-7H,3-5H2,1-2H3. The fourth-order valence-corrected chi connectivity index (χ4v) is 1.48. The van der Waals surface area contributed by atoms with E-state index in [-0.39, 0.29) is 24.6 Å². The van der Waals surface area contributed by atoms with Gasteiger partial charge in [-0.3, -0.25) is 4.68 Å². The first-order valence-electron chi connectivity index (χ1n) is 4.94. The minimum absolute atomic E-state index is 0.175. The fourth-order valence-electron chi connectivity index (χ4n) is 1.48. The maximum Gasteiger partial charge on any atom is 0.433 e. The van der Waals surface area contributed by atoms with Crippen molar-refractivity contribution in [3.05, 3.63) is 17.5 Å². The molecule has 0 aliphatic rings. The van der Waals surface area contributed by atoms with Crippen LogP contribution in [0, 0.1) is 0 Å². The van der Waals surface area contributed by atoms with E-state index in [0.717, 1.165) is 4.68 Å². The lowest BCUT2D eigenvalue weighted by atomic mass is 10.1. The van der Waals surface area contributed by atoms with Crippen molar-refractivity contribution in [2.45, 2.75) is 32.5 Å². The fraction of sp³-hybridized carbons (Fsp3) is 0.600. The number of alkyl halides is 3. The maximum atomic E-state index is 12.8. The van der Waals surface area contributed by atoms with Crippen LogP contribution in [0.2, 0.25) is 0 Å². The van der Waals surface area contributed by atoms with E-state index < -0.39 is 11.9 Å². The highest BCUT2D eigenvalue weighted by atomic mass is 19.4. The summed E-state index contributed by atoms with van der Waals surface area (Å²) in [6.45, 7) is 6.85. The quantitative estimate of drug-likeness (QED) is 0.735. The Hall–Kier alpha value is -1.33. The molecule has 1 rings (SSSR count). The maximum absolute atomic E-state index is 12.8. The smallest absolute Gasteiger partial charge is 0.301 e. The second kappa shape index (κ2) is 4.67. The van der Waals surface area contributed by atoms with Crippen molar-refractivity contribution in [3.63, 3.8) is 0 Å². The third-order valence-electron chi connectivity index (χ3n) is 2.17. The summed E-state index contributed by atoms with van der Waals surface area (Å²) in [4.78, 5) is 3.55. The number of aliphatic imine (C=N–C) groups is 1. The van der Waals surface area contributed by atoms with E-state index in [0.29, 0.717) is 0 Å². The molecule has 1 aromatic heterocycles. The molecule has 1 heterocycles. The Bertz CT molecular complexity index is 366. The predicted molar refractivity (Wildman–Crippen MR) is 55.7 cm³/mol. The summed E-state index contributed by atoms with van der Waals surface area (Å²) in [6, 6.07) is -0.318. The van der Waals surface area contributed by atoms with Crippen molar-refractivity contribution in [2.24, 2.45) is 4.99 Å². The van der Waals surface area contributed by atoms with Gasteiger partial charge in [0.25, 0.3) is 0 Å². The van der Waals surface area contributed by atoms with Gasteiger partial charge < -0.3 is 4.99 Å². The molecule has 90 valence electrons. The lowest BCUT2D eigenvalue weighted by molar-refractivity contribution is -0.145. The summed E-state index contributed by atoms with van der Waals surface area (Å²) >= 11 is 0. The zero-order valence-electron chi connectivity index (χ0n) is 9.25. The Labute approximate surface area is 92.0 Å². The highest BCUT2D eigenvalue weighted by Gasteiger charge is 2.38. The van der Waals surface area contributed by atoms with E-state index in [9.17, 15) is 13.2 Å².